The highest BCUT2D eigenvalue weighted by molar-refractivity contribution is 5.54. The first-order valence-corrected chi connectivity index (χ1v) is 6.14. The number of benzene rings is 2. The van der Waals surface area contributed by atoms with E-state index < -0.39 is 5.82 Å². The van der Waals surface area contributed by atoms with E-state index in [1.54, 1.807) is 12.1 Å². The summed E-state index contributed by atoms with van der Waals surface area (Å²) in [5.74, 6) is 0.292. The fourth-order valence-corrected chi connectivity index (χ4v) is 1.75. The first-order chi connectivity index (χ1) is 9.83. The number of aromatic nitrogens is 2. The van der Waals surface area contributed by atoms with E-state index in [0.29, 0.717) is 11.6 Å². The smallest absolute Gasteiger partial charge is 0.259 e. The summed E-state index contributed by atoms with van der Waals surface area (Å²) in [6, 6.07) is 18.3. The Morgan fingerprint density at radius 3 is 2.20 bits per heavy atom. The number of hydrogen-bond acceptors (Lipinski definition) is 3. The van der Waals surface area contributed by atoms with Crippen LogP contribution in [0.2, 0.25) is 0 Å². The summed E-state index contributed by atoms with van der Waals surface area (Å²) < 4.78 is 19.2. The van der Waals surface area contributed by atoms with Gasteiger partial charge in [-0.05, 0) is 12.1 Å². The predicted molar refractivity (Wildman–Crippen MR) is 73.9 cm³/mol. The zero-order chi connectivity index (χ0) is 13.8. The average Bonchev–Trinajstić information content (AvgIpc) is 2.51. The maximum Gasteiger partial charge on any atom is 0.259 e. The van der Waals surface area contributed by atoms with Crippen LogP contribution in [0.25, 0.3) is 11.4 Å². The Morgan fingerprint density at radius 2 is 1.50 bits per heavy atom. The Kier molecular flexibility index (Phi) is 3.37. The first-order valence-electron chi connectivity index (χ1n) is 6.14. The molecular weight excluding hydrogens is 255 g/mol. The molecule has 0 amide bonds. The minimum absolute atomic E-state index is 0.0787. The van der Waals surface area contributed by atoms with Crippen LogP contribution in [0.15, 0.2) is 66.9 Å². The third-order valence-electron chi connectivity index (χ3n) is 2.70. The van der Waals surface area contributed by atoms with Gasteiger partial charge in [0.05, 0.1) is 6.20 Å². The second-order valence-corrected chi connectivity index (χ2v) is 4.13. The molecule has 0 N–H and O–H groups in total. The monoisotopic (exact) mass is 266 g/mol. The molecule has 3 nitrogen and oxygen atoms in total. The minimum Gasteiger partial charge on any atom is -0.436 e. The molecule has 98 valence electrons. The number of ether oxygens (including phenoxy) is 1. The van der Waals surface area contributed by atoms with Crippen LogP contribution in [0, 0.1) is 5.82 Å². The van der Waals surface area contributed by atoms with Gasteiger partial charge in [-0.3, -0.25) is 0 Å². The molecule has 0 aliphatic heterocycles. The summed E-state index contributed by atoms with van der Waals surface area (Å²) in [5, 5.41) is 0. The highest BCUT2D eigenvalue weighted by atomic mass is 19.1. The molecule has 0 spiro atoms. The zero-order valence-electron chi connectivity index (χ0n) is 10.5. The summed E-state index contributed by atoms with van der Waals surface area (Å²) in [6.07, 6.45) is 1.12. The Balaban J connectivity index is 1.95. The van der Waals surface area contributed by atoms with Crippen LogP contribution in [0.1, 0.15) is 0 Å². The molecule has 3 rings (SSSR count). The van der Waals surface area contributed by atoms with Crippen molar-refractivity contribution in [2.45, 2.75) is 0 Å². The number of para-hydroxylation sites is 1. The average molecular weight is 266 g/mol. The lowest BCUT2D eigenvalue weighted by molar-refractivity contribution is 0.420. The number of rotatable bonds is 3. The van der Waals surface area contributed by atoms with Gasteiger partial charge >= 0.3 is 0 Å². The summed E-state index contributed by atoms with van der Waals surface area (Å²) in [5.41, 5.74) is 0.811. The topological polar surface area (TPSA) is 35.0 Å². The van der Waals surface area contributed by atoms with Crippen molar-refractivity contribution in [3.63, 3.8) is 0 Å². The lowest BCUT2D eigenvalue weighted by Crippen LogP contribution is -1.96. The summed E-state index contributed by atoms with van der Waals surface area (Å²) in [6.45, 7) is 0. The van der Waals surface area contributed by atoms with Gasteiger partial charge in [-0.25, -0.2) is 4.98 Å². The normalized spacial score (nSPS) is 10.2. The second-order valence-electron chi connectivity index (χ2n) is 4.13. The van der Waals surface area contributed by atoms with E-state index in [9.17, 15) is 4.39 Å². The first kappa shape index (κ1) is 12.3. The third-order valence-corrected chi connectivity index (χ3v) is 2.70. The molecule has 1 heterocycles. The van der Waals surface area contributed by atoms with Crippen molar-refractivity contribution in [1.82, 2.24) is 9.97 Å². The SMILES string of the molecule is Fc1cnc(-c2ccccc2)nc1Oc1ccccc1. The van der Waals surface area contributed by atoms with Crippen molar-refractivity contribution in [2.75, 3.05) is 0 Å². The molecule has 0 radical (unpaired) electrons. The highest BCUT2D eigenvalue weighted by Crippen LogP contribution is 2.24. The molecule has 1 aromatic heterocycles. The van der Waals surface area contributed by atoms with Crippen molar-refractivity contribution >= 4 is 0 Å². The molecular formula is C16H11FN2O. The minimum atomic E-state index is -0.589. The van der Waals surface area contributed by atoms with Gasteiger partial charge in [0.15, 0.2) is 5.82 Å². The molecule has 0 bridgehead atoms. The maximum atomic E-state index is 13.7. The van der Waals surface area contributed by atoms with Gasteiger partial charge in [-0.2, -0.15) is 9.37 Å². The molecule has 0 unspecified atom stereocenters. The van der Waals surface area contributed by atoms with Gasteiger partial charge in [-0.1, -0.05) is 48.5 Å². The van der Waals surface area contributed by atoms with Crippen LogP contribution in [0.5, 0.6) is 11.6 Å². The molecule has 2 aromatic carbocycles. The quantitative estimate of drug-likeness (QED) is 0.716. The number of nitrogens with zero attached hydrogens (tertiary/aromatic N) is 2. The van der Waals surface area contributed by atoms with Crippen molar-refractivity contribution in [2.24, 2.45) is 0 Å². The predicted octanol–water partition coefficient (Wildman–Crippen LogP) is 4.08. The fraction of sp³-hybridized carbons (Fsp3) is 0. The van der Waals surface area contributed by atoms with E-state index in [2.05, 4.69) is 9.97 Å². The van der Waals surface area contributed by atoms with E-state index in [4.69, 9.17) is 4.74 Å². The Labute approximate surface area is 115 Å². The van der Waals surface area contributed by atoms with Gasteiger partial charge < -0.3 is 4.74 Å². The fourth-order valence-electron chi connectivity index (χ4n) is 1.75. The van der Waals surface area contributed by atoms with Gasteiger partial charge in [0.25, 0.3) is 5.88 Å². The lowest BCUT2D eigenvalue weighted by Gasteiger charge is -2.07. The van der Waals surface area contributed by atoms with E-state index >= 15 is 0 Å². The van der Waals surface area contributed by atoms with Gasteiger partial charge in [0, 0.05) is 5.56 Å². The van der Waals surface area contributed by atoms with Crippen LogP contribution >= 0.6 is 0 Å². The largest absolute Gasteiger partial charge is 0.436 e. The summed E-state index contributed by atoms with van der Waals surface area (Å²) >= 11 is 0. The standard InChI is InChI=1S/C16H11FN2O/c17-14-11-18-15(12-7-3-1-4-8-12)19-16(14)20-13-9-5-2-6-10-13/h1-11H. The molecule has 0 fully saturated rings. The van der Waals surface area contributed by atoms with E-state index in [-0.39, 0.29) is 5.88 Å². The van der Waals surface area contributed by atoms with Crippen LogP contribution < -0.4 is 4.74 Å². The highest BCUT2D eigenvalue weighted by Gasteiger charge is 2.10. The molecule has 0 aliphatic carbocycles. The van der Waals surface area contributed by atoms with Crippen molar-refractivity contribution < 1.29 is 9.13 Å². The van der Waals surface area contributed by atoms with E-state index in [1.807, 2.05) is 48.5 Å². The van der Waals surface area contributed by atoms with Gasteiger partial charge in [0.1, 0.15) is 5.75 Å². The summed E-state index contributed by atoms with van der Waals surface area (Å²) in [7, 11) is 0. The van der Waals surface area contributed by atoms with Crippen molar-refractivity contribution in [3.8, 4) is 23.0 Å². The Hall–Kier alpha value is -2.75. The molecule has 0 aliphatic rings. The lowest BCUT2D eigenvalue weighted by atomic mass is 10.2. The van der Waals surface area contributed by atoms with Gasteiger partial charge in [-0.15, -0.1) is 0 Å². The van der Waals surface area contributed by atoms with Crippen LogP contribution in [0.4, 0.5) is 4.39 Å². The second kappa shape index (κ2) is 5.48. The molecule has 20 heavy (non-hydrogen) atoms. The van der Waals surface area contributed by atoms with Crippen LogP contribution in [-0.4, -0.2) is 9.97 Å². The molecule has 3 aromatic rings. The molecule has 0 saturated heterocycles. The zero-order valence-corrected chi connectivity index (χ0v) is 10.5. The van der Waals surface area contributed by atoms with Crippen LogP contribution in [0.3, 0.4) is 0 Å². The molecule has 0 atom stereocenters. The summed E-state index contributed by atoms with van der Waals surface area (Å²) in [4.78, 5) is 8.11. The molecule has 0 saturated carbocycles. The third kappa shape index (κ3) is 2.64. The number of halogens is 1. The van der Waals surface area contributed by atoms with E-state index in [1.165, 1.54) is 0 Å². The van der Waals surface area contributed by atoms with Crippen LogP contribution in [-0.2, 0) is 0 Å². The number of hydrogen-bond donors (Lipinski definition) is 0. The maximum absolute atomic E-state index is 13.7. The Bertz CT molecular complexity index is 702. The van der Waals surface area contributed by atoms with Crippen molar-refractivity contribution in [1.29, 1.82) is 0 Å². The van der Waals surface area contributed by atoms with E-state index in [0.717, 1.165) is 11.8 Å². The Morgan fingerprint density at radius 1 is 0.850 bits per heavy atom. The van der Waals surface area contributed by atoms with Gasteiger partial charge in [0.2, 0.25) is 5.82 Å². The van der Waals surface area contributed by atoms with Crippen molar-refractivity contribution in [3.05, 3.63) is 72.7 Å². The molecule has 4 heteroatoms.